The minimum absolute atomic E-state index is 0.318. The second-order valence-electron chi connectivity index (χ2n) is 6.97. The van der Waals surface area contributed by atoms with Gasteiger partial charge in [-0.25, -0.2) is 4.79 Å². The number of benzene rings is 2. The van der Waals surface area contributed by atoms with Crippen LogP contribution in [0, 0.1) is 17.2 Å². The van der Waals surface area contributed by atoms with Gasteiger partial charge in [0, 0.05) is 16.7 Å². The quantitative estimate of drug-likeness (QED) is 0.576. The van der Waals surface area contributed by atoms with Crippen LogP contribution in [0.15, 0.2) is 48.0 Å². The second-order valence-corrected chi connectivity index (χ2v) is 6.97. The van der Waals surface area contributed by atoms with Gasteiger partial charge >= 0.3 is 5.97 Å². The lowest BCUT2D eigenvalue weighted by atomic mass is 9.88. The molecular weight excluding hydrogens is 338 g/mol. The third kappa shape index (κ3) is 3.33. The summed E-state index contributed by atoms with van der Waals surface area (Å²) in [6, 6.07) is 15.8. The van der Waals surface area contributed by atoms with Crippen LogP contribution in [0.25, 0.3) is 5.57 Å². The molecule has 1 fully saturated rings. The summed E-state index contributed by atoms with van der Waals surface area (Å²) in [6.07, 6.45) is 2.88. The number of rotatable bonds is 4. The first-order valence-electron chi connectivity index (χ1n) is 9.39. The van der Waals surface area contributed by atoms with Gasteiger partial charge in [-0.05, 0) is 54.5 Å². The van der Waals surface area contributed by atoms with Gasteiger partial charge in [0.25, 0.3) is 0 Å². The van der Waals surface area contributed by atoms with Crippen molar-refractivity contribution in [2.45, 2.75) is 32.8 Å². The molecule has 1 heterocycles. The van der Waals surface area contributed by atoms with E-state index in [1.165, 1.54) is 0 Å². The highest BCUT2D eigenvalue weighted by atomic mass is 16.5. The molecule has 27 heavy (non-hydrogen) atoms. The Morgan fingerprint density at radius 1 is 1.22 bits per heavy atom. The number of carbonyl (C=O) groups is 1. The van der Waals surface area contributed by atoms with Crippen molar-refractivity contribution in [2.75, 3.05) is 6.61 Å². The summed E-state index contributed by atoms with van der Waals surface area (Å²) in [7, 11) is 0. The van der Waals surface area contributed by atoms with E-state index in [9.17, 15) is 10.1 Å². The molecule has 4 nitrogen and oxygen atoms in total. The van der Waals surface area contributed by atoms with E-state index in [1.807, 2.05) is 43.3 Å². The minimum Gasteiger partial charge on any atom is -0.488 e. The second kappa shape index (κ2) is 7.28. The molecule has 0 aromatic heterocycles. The lowest BCUT2D eigenvalue weighted by molar-refractivity contribution is 0.0505. The van der Waals surface area contributed by atoms with Gasteiger partial charge in [-0.2, -0.15) is 5.26 Å². The fourth-order valence-corrected chi connectivity index (χ4v) is 3.48. The predicted molar refractivity (Wildman–Crippen MR) is 102 cm³/mol. The van der Waals surface area contributed by atoms with Gasteiger partial charge in [0.05, 0.1) is 18.2 Å². The van der Waals surface area contributed by atoms with Crippen LogP contribution >= 0.6 is 0 Å². The van der Waals surface area contributed by atoms with E-state index in [1.54, 1.807) is 6.07 Å². The number of carbonyl (C=O) groups excluding carboxylic acids is 1. The van der Waals surface area contributed by atoms with E-state index in [0.717, 1.165) is 52.8 Å². The standard InChI is InChI=1S/C23H21NO3/c1-2-11-26-23(25)16-9-10-18-17(12-16)14-27-21-6-4-3-5-19(21)22(18)20(13-24)15-7-8-15/h3-6,9-10,12,15H,2,7-8,11,14H2,1H3. The van der Waals surface area contributed by atoms with E-state index >= 15 is 0 Å². The first-order valence-corrected chi connectivity index (χ1v) is 9.39. The van der Waals surface area contributed by atoms with Gasteiger partial charge in [-0.15, -0.1) is 0 Å². The Hall–Kier alpha value is -3.06. The SMILES string of the molecule is CCCOC(=O)c1ccc2c(c1)COc1ccccc1C2=C(C#N)C1CC1. The van der Waals surface area contributed by atoms with Crippen molar-refractivity contribution in [1.82, 2.24) is 0 Å². The number of fused-ring (bicyclic) bond motifs is 2. The molecule has 2 aromatic rings. The summed E-state index contributed by atoms with van der Waals surface area (Å²) in [4.78, 5) is 12.3. The van der Waals surface area contributed by atoms with Crippen LogP contribution < -0.4 is 4.74 Å². The van der Waals surface area contributed by atoms with Crippen molar-refractivity contribution in [1.29, 1.82) is 5.26 Å². The molecule has 2 aliphatic rings. The summed E-state index contributed by atoms with van der Waals surface area (Å²) in [5.41, 5.74) is 5.09. The zero-order valence-corrected chi connectivity index (χ0v) is 15.3. The Bertz CT molecular complexity index is 964. The Kier molecular flexibility index (Phi) is 4.68. The van der Waals surface area contributed by atoms with Gasteiger partial charge in [0.15, 0.2) is 0 Å². The van der Waals surface area contributed by atoms with Crippen LogP contribution in [-0.4, -0.2) is 12.6 Å². The molecule has 0 bridgehead atoms. The topological polar surface area (TPSA) is 59.3 Å². The smallest absolute Gasteiger partial charge is 0.338 e. The van der Waals surface area contributed by atoms with E-state index < -0.39 is 0 Å². The predicted octanol–water partition coefficient (Wildman–Crippen LogP) is 4.88. The normalized spacial score (nSPS) is 16.9. The molecule has 0 N–H and O–H groups in total. The number of allylic oxidation sites excluding steroid dienone is 1. The van der Waals surface area contributed by atoms with Crippen LogP contribution in [0.4, 0.5) is 0 Å². The molecular formula is C23H21NO3. The summed E-state index contributed by atoms with van der Waals surface area (Å²) in [6.45, 7) is 2.73. The van der Waals surface area contributed by atoms with Crippen molar-refractivity contribution >= 4 is 11.5 Å². The maximum Gasteiger partial charge on any atom is 0.338 e. The number of ether oxygens (including phenoxy) is 2. The first-order chi connectivity index (χ1) is 13.2. The molecule has 136 valence electrons. The van der Waals surface area contributed by atoms with Crippen molar-refractivity contribution in [3.8, 4) is 11.8 Å². The van der Waals surface area contributed by atoms with Crippen molar-refractivity contribution in [2.24, 2.45) is 5.92 Å². The molecule has 0 radical (unpaired) electrons. The zero-order valence-electron chi connectivity index (χ0n) is 15.3. The largest absolute Gasteiger partial charge is 0.488 e. The van der Waals surface area contributed by atoms with Gasteiger partial charge in [-0.1, -0.05) is 31.2 Å². The first kappa shape index (κ1) is 17.4. The molecule has 4 rings (SSSR count). The zero-order chi connectivity index (χ0) is 18.8. The molecule has 0 atom stereocenters. The van der Waals surface area contributed by atoms with Crippen molar-refractivity contribution < 1.29 is 14.3 Å². The van der Waals surface area contributed by atoms with Crippen LogP contribution in [0.2, 0.25) is 0 Å². The number of nitriles is 1. The number of nitrogens with zero attached hydrogens (tertiary/aromatic N) is 1. The Labute approximate surface area is 159 Å². The Morgan fingerprint density at radius 3 is 2.78 bits per heavy atom. The van der Waals surface area contributed by atoms with Crippen LogP contribution in [0.3, 0.4) is 0 Å². The average molecular weight is 359 g/mol. The minimum atomic E-state index is -0.324. The monoisotopic (exact) mass is 359 g/mol. The lowest BCUT2D eigenvalue weighted by Crippen LogP contribution is -2.08. The lowest BCUT2D eigenvalue weighted by Gasteiger charge is -2.13. The Morgan fingerprint density at radius 2 is 2.04 bits per heavy atom. The molecule has 1 aliphatic heterocycles. The maximum atomic E-state index is 12.3. The summed E-state index contributed by atoms with van der Waals surface area (Å²) >= 11 is 0. The molecule has 0 spiro atoms. The third-order valence-electron chi connectivity index (χ3n) is 4.96. The molecule has 0 unspecified atom stereocenters. The van der Waals surface area contributed by atoms with Crippen LogP contribution in [-0.2, 0) is 11.3 Å². The maximum absolute atomic E-state index is 12.3. The summed E-state index contributed by atoms with van der Waals surface area (Å²) < 4.78 is 11.3. The van der Waals surface area contributed by atoms with E-state index in [4.69, 9.17) is 9.47 Å². The molecule has 0 saturated heterocycles. The highest BCUT2D eigenvalue weighted by molar-refractivity contribution is 5.93. The van der Waals surface area contributed by atoms with E-state index in [0.29, 0.717) is 24.7 Å². The van der Waals surface area contributed by atoms with Gasteiger partial charge in [-0.3, -0.25) is 0 Å². The molecule has 1 aliphatic carbocycles. The van der Waals surface area contributed by atoms with Gasteiger partial charge in [0.2, 0.25) is 0 Å². The molecule has 1 saturated carbocycles. The molecule has 0 amide bonds. The number of para-hydroxylation sites is 1. The Balaban J connectivity index is 1.85. The fraction of sp³-hybridized carbons (Fsp3) is 0.304. The van der Waals surface area contributed by atoms with E-state index in [-0.39, 0.29) is 5.97 Å². The molecule has 2 aromatic carbocycles. The van der Waals surface area contributed by atoms with Gasteiger partial charge < -0.3 is 9.47 Å². The summed E-state index contributed by atoms with van der Waals surface area (Å²) in [5.74, 6) is 0.764. The highest BCUT2D eigenvalue weighted by Gasteiger charge is 2.32. The van der Waals surface area contributed by atoms with Crippen LogP contribution in [0.5, 0.6) is 5.75 Å². The van der Waals surface area contributed by atoms with Crippen LogP contribution in [0.1, 0.15) is 53.2 Å². The number of hydrogen-bond acceptors (Lipinski definition) is 4. The summed E-state index contributed by atoms with van der Waals surface area (Å²) in [5, 5.41) is 9.85. The number of hydrogen-bond donors (Lipinski definition) is 0. The van der Waals surface area contributed by atoms with E-state index in [2.05, 4.69) is 6.07 Å². The fourth-order valence-electron chi connectivity index (χ4n) is 3.48. The highest BCUT2D eigenvalue weighted by Crippen LogP contribution is 2.45. The van der Waals surface area contributed by atoms with Gasteiger partial charge in [0.1, 0.15) is 12.4 Å². The third-order valence-corrected chi connectivity index (χ3v) is 4.96. The molecule has 4 heteroatoms. The van der Waals surface area contributed by atoms with Crippen molar-refractivity contribution in [3.05, 3.63) is 70.3 Å². The number of esters is 1. The average Bonchev–Trinajstić information content (AvgIpc) is 3.54. The van der Waals surface area contributed by atoms with Crippen molar-refractivity contribution in [3.63, 3.8) is 0 Å².